The van der Waals surface area contributed by atoms with E-state index in [0.717, 1.165) is 13.0 Å². The van der Waals surface area contributed by atoms with Crippen LogP contribution in [0.15, 0.2) is 18.2 Å². The number of amides is 1. The molecule has 1 amide bonds. The van der Waals surface area contributed by atoms with E-state index in [-0.39, 0.29) is 11.9 Å². The molecule has 2 atom stereocenters. The Bertz CT molecular complexity index is 707. The van der Waals surface area contributed by atoms with E-state index in [1.807, 2.05) is 7.05 Å². The van der Waals surface area contributed by atoms with E-state index < -0.39 is 11.4 Å². The average Bonchev–Trinajstić information content (AvgIpc) is 2.66. The number of para-hydroxylation sites is 1. The first-order valence-electron chi connectivity index (χ1n) is 8.88. The van der Waals surface area contributed by atoms with Gasteiger partial charge in [0.25, 0.3) is 5.91 Å². The minimum atomic E-state index is -0.762. The summed E-state index contributed by atoms with van der Waals surface area (Å²) in [5, 5.41) is 9.87. The predicted molar refractivity (Wildman–Crippen MR) is 95.8 cm³/mol. The third-order valence-corrected chi connectivity index (χ3v) is 5.87. The molecule has 26 heavy (non-hydrogen) atoms. The third kappa shape index (κ3) is 2.90. The van der Waals surface area contributed by atoms with Crippen LogP contribution >= 0.6 is 0 Å². The topological polar surface area (TPSA) is 79.3 Å². The number of nitrogens with zero attached hydrogens (tertiary/aromatic N) is 2. The van der Waals surface area contributed by atoms with E-state index in [1.54, 1.807) is 23.1 Å². The SMILES string of the molecule is COc1cccc(C(=O)N2CC[C@@]3(C(=O)O)CCCN(C)[C@@H]3C2)c1OC. The molecule has 2 aliphatic rings. The summed E-state index contributed by atoms with van der Waals surface area (Å²) in [6.07, 6.45) is 2.01. The summed E-state index contributed by atoms with van der Waals surface area (Å²) in [5.41, 5.74) is -0.324. The predicted octanol–water partition coefficient (Wildman–Crippen LogP) is 1.71. The number of hydrogen-bond donors (Lipinski definition) is 1. The summed E-state index contributed by atoms with van der Waals surface area (Å²) in [7, 11) is 4.99. The molecule has 2 fully saturated rings. The van der Waals surface area contributed by atoms with Crippen molar-refractivity contribution >= 4 is 11.9 Å². The van der Waals surface area contributed by atoms with Gasteiger partial charge in [0.1, 0.15) is 0 Å². The Morgan fingerprint density at radius 1 is 1.19 bits per heavy atom. The van der Waals surface area contributed by atoms with Crippen LogP contribution in [0.1, 0.15) is 29.6 Å². The molecule has 1 aromatic carbocycles. The zero-order valence-electron chi connectivity index (χ0n) is 15.5. The maximum Gasteiger partial charge on any atom is 0.311 e. The van der Waals surface area contributed by atoms with E-state index in [9.17, 15) is 14.7 Å². The number of carbonyl (C=O) groups excluding carboxylic acids is 1. The average molecular weight is 362 g/mol. The molecular weight excluding hydrogens is 336 g/mol. The summed E-state index contributed by atoms with van der Waals surface area (Å²) < 4.78 is 10.7. The summed E-state index contributed by atoms with van der Waals surface area (Å²) in [5.74, 6) is 0.0101. The van der Waals surface area contributed by atoms with Crippen molar-refractivity contribution in [1.29, 1.82) is 0 Å². The Morgan fingerprint density at radius 2 is 1.96 bits per heavy atom. The van der Waals surface area contributed by atoms with E-state index >= 15 is 0 Å². The number of aliphatic carboxylic acids is 1. The molecule has 0 bridgehead atoms. The van der Waals surface area contributed by atoms with E-state index in [2.05, 4.69) is 4.90 Å². The van der Waals surface area contributed by atoms with Crippen LogP contribution in [0.5, 0.6) is 11.5 Å². The number of piperidine rings is 2. The molecule has 2 aliphatic heterocycles. The van der Waals surface area contributed by atoms with Gasteiger partial charge in [-0.1, -0.05) is 6.07 Å². The molecule has 0 aromatic heterocycles. The first-order valence-corrected chi connectivity index (χ1v) is 8.88. The molecule has 3 rings (SSSR count). The van der Waals surface area contributed by atoms with Crippen molar-refractivity contribution in [3.05, 3.63) is 23.8 Å². The van der Waals surface area contributed by atoms with E-state index in [0.29, 0.717) is 43.0 Å². The van der Waals surface area contributed by atoms with Gasteiger partial charge in [-0.05, 0) is 45.0 Å². The first kappa shape index (κ1) is 18.5. The monoisotopic (exact) mass is 362 g/mol. The van der Waals surface area contributed by atoms with E-state index in [4.69, 9.17) is 9.47 Å². The number of methoxy groups -OCH3 is 2. The maximum absolute atomic E-state index is 13.1. The molecule has 0 spiro atoms. The molecule has 0 unspecified atom stereocenters. The second kappa shape index (κ2) is 7.15. The largest absolute Gasteiger partial charge is 0.493 e. The molecule has 7 nitrogen and oxygen atoms in total. The number of carbonyl (C=O) groups is 2. The van der Waals surface area contributed by atoms with Gasteiger partial charge in [0.2, 0.25) is 0 Å². The minimum Gasteiger partial charge on any atom is -0.493 e. The van der Waals surface area contributed by atoms with Crippen molar-refractivity contribution in [3.63, 3.8) is 0 Å². The van der Waals surface area contributed by atoms with Gasteiger partial charge < -0.3 is 24.4 Å². The van der Waals surface area contributed by atoms with Crippen LogP contribution in [-0.4, -0.2) is 73.7 Å². The Morgan fingerprint density at radius 3 is 2.62 bits per heavy atom. The molecule has 1 aromatic rings. The van der Waals surface area contributed by atoms with Crippen LogP contribution in [0.25, 0.3) is 0 Å². The lowest BCUT2D eigenvalue weighted by Crippen LogP contribution is -2.63. The fraction of sp³-hybridized carbons (Fsp3) is 0.579. The summed E-state index contributed by atoms with van der Waals surface area (Å²) in [4.78, 5) is 29.0. The van der Waals surface area contributed by atoms with Crippen molar-refractivity contribution in [3.8, 4) is 11.5 Å². The smallest absolute Gasteiger partial charge is 0.311 e. The molecule has 2 heterocycles. The molecular formula is C19H26N2O5. The number of carboxylic acid groups (broad SMARTS) is 1. The van der Waals surface area contributed by atoms with Crippen LogP contribution in [-0.2, 0) is 4.79 Å². The Hall–Kier alpha value is -2.28. The van der Waals surface area contributed by atoms with Gasteiger partial charge in [0, 0.05) is 19.1 Å². The Kier molecular flexibility index (Phi) is 5.09. The van der Waals surface area contributed by atoms with Crippen molar-refractivity contribution in [2.24, 2.45) is 5.41 Å². The van der Waals surface area contributed by atoms with Crippen LogP contribution < -0.4 is 9.47 Å². The summed E-state index contributed by atoms with van der Waals surface area (Å²) >= 11 is 0. The molecule has 142 valence electrons. The number of carboxylic acids is 1. The van der Waals surface area contributed by atoms with Crippen LogP contribution in [0, 0.1) is 5.41 Å². The zero-order valence-corrected chi connectivity index (χ0v) is 15.5. The quantitative estimate of drug-likeness (QED) is 0.879. The van der Waals surface area contributed by atoms with Gasteiger partial charge in [-0.2, -0.15) is 0 Å². The number of hydrogen-bond acceptors (Lipinski definition) is 5. The third-order valence-electron chi connectivity index (χ3n) is 5.87. The lowest BCUT2D eigenvalue weighted by Gasteiger charge is -2.51. The number of ether oxygens (including phenoxy) is 2. The molecule has 1 N–H and O–H groups in total. The van der Waals surface area contributed by atoms with Gasteiger partial charge in [0.05, 0.1) is 25.2 Å². The molecule has 0 aliphatic carbocycles. The second-order valence-corrected chi connectivity index (χ2v) is 7.10. The van der Waals surface area contributed by atoms with Crippen molar-refractivity contribution < 1.29 is 24.2 Å². The van der Waals surface area contributed by atoms with Gasteiger partial charge in [-0.15, -0.1) is 0 Å². The van der Waals surface area contributed by atoms with Gasteiger partial charge in [0.15, 0.2) is 11.5 Å². The molecule has 7 heteroatoms. The Balaban J connectivity index is 1.88. The highest BCUT2D eigenvalue weighted by Gasteiger charge is 2.53. The second-order valence-electron chi connectivity index (χ2n) is 7.10. The van der Waals surface area contributed by atoms with E-state index in [1.165, 1.54) is 14.2 Å². The number of benzene rings is 1. The van der Waals surface area contributed by atoms with Gasteiger partial charge in [-0.25, -0.2) is 0 Å². The standard InChI is InChI=1S/C19H26N2O5/c1-20-10-5-8-19(18(23)24)9-11-21(12-15(19)20)17(22)13-6-4-7-14(25-2)16(13)26-3/h4,6-7,15H,5,8-12H2,1-3H3,(H,23,24)/t15-,19+/m1/s1. The van der Waals surface area contributed by atoms with Gasteiger partial charge >= 0.3 is 5.97 Å². The van der Waals surface area contributed by atoms with Crippen molar-refractivity contribution in [2.75, 3.05) is 40.9 Å². The maximum atomic E-state index is 13.1. The molecule has 2 saturated heterocycles. The minimum absolute atomic E-state index is 0.154. The fourth-order valence-electron chi connectivity index (χ4n) is 4.40. The van der Waals surface area contributed by atoms with Crippen molar-refractivity contribution in [2.45, 2.75) is 25.3 Å². The van der Waals surface area contributed by atoms with Gasteiger partial charge in [-0.3, -0.25) is 9.59 Å². The lowest BCUT2D eigenvalue weighted by molar-refractivity contribution is -0.161. The number of likely N-dealkylation sites (tertiary alicyclic amines) is 2. The highest BCUT2D eigenvalue weighted by Crippen LogP contribution is 2.43. The van der Waals surface area contributed by atoms with Crippen molar-refractivity contribution in [1.82, 2.24) is 9.80 Å². The van der Waals surface area contributed by atoms with Crippen LogP contribution in [0.2, 0.25) is 0 Å². The highest BCUT2D eigenvalue weighted by molar-refractivity contribution is 5.98. The Labute approximate surface area is 153 Å². The van der Waals surface area contributed by atoms with Crippen LogP contribution in [0.4, 0.5) is 0 Å². The first-order chi connectivity index (χ1) is 12.4. The lowest BCUT2D eigenvalue weighted by atomic mass is 9.68. The highest BCUT2D eigenvalue weighted by atomic mass is 16.5. The van der Waals surface area contributed by atoms with Crippen LogP contribution in [0.3, 0.4) is 0 Å². The number of likely N-dealkylation sites (N-methyl/N-ethyl adjacent to an activating group) is 1. The normalized spacial score (nSPS) is 26.1. The molecule has 0 radical (unpaired) electrons. The summed E-state index contributed by atoms with van der Waals surface area (Å²) in [6, 6.07) is 5.04. The number of fused-ring (bicyclic) bond motifs is 1. The number of rotatable bonds is 4. The summed E-state index contributed by atoms with van der Waals surface area (Å²) in [6.45, 7) is 1.68. The zero-order chi connectivity index (χ0) is 18.9. The fourth-order valence-corrected chi connectivity index (χ4v) is 4.40. The molecule has 0 saturated carbocycles.